The molecular weight excluding hydrogens is 389 g/mol. The zero-order chi connectivity index (χ0) is 19.4. The van der Waals surface area contributed by atoms with E-state index in [2.05, 4.69) is 10.3 Å². The van der Waals surface area contributed by atoms with Gasteiger partial charge in [-0.1, -0.05) is 29.3 Å². The molecule has 0 aliphatic carbocycles. The lowest BCUT2D eigenvalue weighted by atomic mass is 10.3. The molecule has 2 heterocycles. The van der Waals surface area contributed by atoms with E-state index >= 15 is 0 Å². The first kappa shape index (κ1) is 18.9. The number of nitrogens with one attached hydrogen (secondary N) is 1. The van der Waals surface area contributed by atoms with Crippen LogP contribution in [-0.4, -0.2) is 27.4 Å². The first-order chi connectivity index (χ1) is 12.9. The second-order valence-electron chi connectivity index (χ2n) is 5.63. The molecule has 138 valence electrons. The minimum absolute atomic E-state index is 0.263. The van der Waals surface area contributed by atoms with Crippen molar-refractivity contribution in [1.29, 1.82) is 0 Å². The fraction of sp³-hybridized carbons (Fsp3) is 0.105. The molecule has 3 aromatic rings. The van der Waals surface area contributed by atoms with E-state index in [0.29, 0.717) is 22.1 Å². The number of esters is 1. The first-order valence-corrected chi connectivity index (χ1v) is 8.77. The summed E-state index contributed by atoms with van der Waals surface area (Å²) in [5.41, 5.74) is 1.76. The number of anilines is 1. The van der Waals surface area contributed by atoms with Gasteiger partial charge in [0, 0.05) is 23.0 Å². The molecule has 1 atom stereocenters. The number of carbonyl (C=O) groups is 2. The molecule has 1 N–H and O–H groups in total. The van der Waals surface area contributed by atoms with Crippen LogP contribution in [0, 0.1) is 0 Å². The van der Waals surface area contributed by atoms with E-state index in [-0.39, 0.29) is 5.15 Å². The monoisotopic (exact) mass is 403 g/mol. The Labute approximate surface area is 165 Å². The predicted molar refractivity (Wildman–Crippen MR) is 105 cm³/mol. The Hall–Kier alpha value is -2.83. The van der Waals surface area contributed by atoms with E-state index in [4.69, 9.17) is 27.9 Å². The minimum atomic E-state index is -0.976. The standard InChI is InChI=1S/C19H15Cl2N3O3/c1-12(19(26)22-14-7-5-13(20)6-8-14)27-17(25)10-9-15-18(21)23-16-4-2-3-11-24(15)16/h2-12H,1H3,(H,22,26)/b10-9+/t12-/m0/s1. The molecule has 0 saturated heterocycles. The number of aromatic nitrogens is 2. The van der Waals surface area contributed by atoms with Crippen molar-refractivity contribution in [3.63, 3.8) is 0 Å². The number of hydrogen-bond donors (Lipinski definition) is 1. The summed E-state index contributed by atoms with van der Waals surface area (Å²) in [6.45, 7) is 1.48. The van der Waals surface area contributed by atoms with Crippen LogP contribution in [0.1, 0.15) is 12.6 Å². The van der Waals surface area contributed by atoms with Crippen molar-refractivity contribution < 1.29 is 14.3 Å². The Balaban J connectivity index is 1.62. The number of amides is 1. The first-order valence-electron chi connectivity index (χ1n) is 8.02. The van der Waals surface area contributed by atoms with Gasteiger partial charge in [-0.05, 0) is 49.4 Å². The highest BCUT2D eigenvalue weighted by molar-refractivity contribution is 6.31. The van der Waals surface area contributed by atoms with E-state index in [1.165, 1.54) is 19.1 Å². The third-order valence-electron chi connectivity index (χ3n) is 3.67. The van der Waals surface area contributed by atoms with E-state index in [1.807, 2.05) is 12.1 Å². The summed E-state index contributed by atoms with van der Waals surface area (Å²) in [4.78, 5) is 28.3. The number of rotatable bonds is 5. The number of imidazole rings is 1. The quantitative estimate of drug-likeness (QED) is 0.511. The Bertz CT molecular complexity index is 1010. The molecule has 0 spiro atoms. The van der Waals surface area contributed by atoms with Gasteiger partial charge in [0.05, 0.1) is 5.69 Å². The summed E-state index contributed by atoms with van der Waals surface area (Å²) in [6, 6.07) is 12.1. The van der Waals surface area contributed by atoms with E-state index in [0.717, 1.165) is 0 Å². The molecule has 0 fully saturated rings. The highest BCUT2D eigenvalue weighted by Crippen LogP contribution is 2.19. The molecule has 6 nitrogen and oxygen atoms in total. The highest BCUT2D eigenvalue weighted by Gasteiger charge is 2.17. The zero-order valence-corrected chi connectivity index (χ0v) is 15.7. The Kier molecular flexibility index (Phi) is 5.78. The van der Waals surface area contributed by atoms with Gasteiger partial charge in [-0.15, -0.1) is 0 Å². The van der Waals surface area contributed by atoms with E-state index in [1.54, 1.807) is 40.9 Å². The average molecular weight is 404 g/mol. The maximum Gasteiger partial charge on any atom is 0.331 e. The van der Waals surface area contributed by atoms with Crippen LogP contribution >= 0.6 is 23.2 Å². The number of ether oxygens (including phenoxy) is 1. The average Bonchev–Trinajstić information content (AvgIpc) is 2.97. The molecule has 27 heavy (non-hydrogen) atoms. The maximum absolute atomic E-state index is 12.1. The van der Waals surface area contributed by atoms with Crippen molar-refractivity contribution in [3.8, 4) is 0 Å². The smallest absolute Gasteiger partial charge is 0.331 e. The number of benzene rings is 1. The Morgan fingerprint density at radius 1 is 1.19 bits per heavy atom. The van der Waals surface area contributed by atoms with Gasteiger partial charge in [-0.3, -0.25) is 9.20 Å². The third-order valence-corrected chi connectivity index (χ3v) is 4.20. The van der Waals surface area contributed by atoms with Gasteiger partial charge < -0.3 is 10.1 Å². The van der Waals surface area contributed by atoms with Gasteiger partial charge in [0.2, 0.25) is 0 Å². The lowest BCUT2D eigenvalue weighted by Crippen LogP contribution is -2.29. The third kappa shape index (κ3) is 4.67. The number of fused-ring (bicyclic) bond motifs is 1. The largest absolute Gasteiger partial charge is 0.449 e. The molecule has 0 bridgehead atoms. The molecule has 0 aliphatic rings. The molecule has 0 aliphatic heterocycles. The summed E-state index contributed by atoms with van der Waals surface area (Å²) < 4.78 is 6.86. The van der Waals surface area contributed by atoms with Gasteiger partial charge in [0.1, 0.15) is 5.65 Å². The van der Waals surface area contributed by atoms with Crippen LogP contribution < -0.4 is 5.32 Å². The molecule has 1 amide bonds. The van der Waals surface area contributed by atoms with Crippen LogP contribution in [0.3, 0.4) is 0 Å². The van der Waals surface area contributed by atoms with Crippen molar-refractivity contribution in [1.82, 2.24) is 9.38 Å². The lowest BCUT2D eigenvalue weighted by Gasteiger charge is -2.12. The minimum Gasteiger partial charge on any atom is -0.449 e. The maximum atomic E-state index is 12.1. The van der Waals surface area contributed by atoms with Crippen molar-refractivity contribution in [3.05, 3.63) is 70.6 Å². The number of halogens is 2. The van der Waals surface area contributed by atoms with Crippen LogP contribution in [0.5, 0.6) is 0 Å². The molecule has 1 aromatic carbocycles. The fourth-order valence-corrected chi connectivity index (χ4v) is 2.69. The second-order valence-corrected chi connectivity index (χ2v) is 6.42. The number of pyridine rings is 1. The predicted octanol–water partition coefficient (Wildman–Crippen LogP) is 4.22. The van der Waals surface area contributed by atoms with Crippen LogP contribution in [0.4, 0.5) is 5.69 Å². The molecular formula is C19H15Cl2N3O3. The van der Waals surface area contributed by atoms with Gasteiger partial charge in [0.15, 0.2) is 11.3 Å². The number of nitrogens with zero attached hydrogens (tertiary/aromatic N) is 2. The van der Waals surface area contributed by atoms with Crippen molar-refractivity contribution in [2.24, 2.45) is 0 Å². The van der Waals surface area contributed by atoms with Crippen LogP contribution in [-0.2, 0) is 14.3 Å². The van der Waals surface area contributed by atoms with Crippen molar-refractivity contribution in [2.75, 3.05) is 5.32 Å². The summed E-state index contributed by atoms with van der Waals surface area (Å²) in [7, 11) is 0. The van der Waals surface area contributed by atoms with Crippen LogP contribution in [0.25, 0.3) is 11.7 Å². The van der Waals surface area contributed by atoms with Gasteiger partial charge in [-0.25, -0.2) is 9.78 Å². The van der Waals surface area contributed by atoms with Gasteiger partial charge in [-0.2, -0.15) is 0 Å². The summed E-state index contributed by atoms with van der Waals surface area (Å²) in [5, 5.41) is 3.46. The Morgan fingerprint density at radius 3 is 2.67 bits per heavy atom. The van der Waals surface area contributed by atoms with E-state index in [9.17, 15) is 9.59 Å². The molecule has 0 saturated carbocycles. The Morgan fingerprint density at radius 2 is 1.93 bits per heavy atom. The highest BCUT2D eigenvalue weighted by atomic mass is 35.5. The second kappa shape index (κ2) is 8.24. The SMILES string of the molecule is C[C@H](OC(=O)/C=C/c1c(Cl)nc2ccccn12)C(=O)Nc1ccc(Cl)cc1. The van der Waals surface area contributed by atoms with Crippen LogP contribution in [0.2, 0.25) is 10.2 Å². The molecule has 0 radical (unpaired) electrons. The lowest BCUT2D eigenvalue weighted by molar-refractivity contribution is -0.148. The van der Waals surface area contributed by atoms with Gasteiger partial charge in [0.25, 0.3) is 5.91 Å². The number of carbonyl (C=O) groups excluding carboxylic acids is 2. The topological polar surface area (TPSA) is 72.7 Å². The zero-order valence-electron chi connectivity index (χ0n) is 14.2. The molecule has 8 heteroatoms. The fourth-order valence-electron chi connectivity index (χ4n) is 2.33. The molecule has 0 unspecified atom stereocenters. The number of hydrogen-bond acceptors (Lipinski definition) is 4. The molecule has 2 aromatic heterocycles. The summed E-state index contributed by atoms with van der Waals surface area (Å²) in [5.74, 6) is -1.12. The summed E-state index contributed by atoms with van der Waals surface area (Å²) in [6.07, 6.45) is 3.50. The molecule has 3 rings (SSSR count). The van der Waals surface area contributed by atoms with Crippen molar-refractivity contribution in [2.45, 2.75) is 13.0 Å². The van der Waals surface area contributed by atoms with Crippen LogP contribution in [0.15, 0.2) is 54.7 Å². The normalized spacial score (nSPS) is 12.3. The summed E-state index contributed by atoms with van der Waals surface area (Å²) >= 11 is 11.9. The van der Waals surface area contributed by atoms with E-state index < -0.39 is 18.0 Å². The van der Waals surface area contributed by atoms with Gasteiger partial charge >= 0.3 is 5.97 Å². The van der Waals surface area contributed by atoms with Crippen molar-refractivity contribution >= 4 is 52.5 Å².